The standard InChI is InChI=1S/C20H23NO3/c1-15(22)17-7-5-8-18(14-17)21-20(23)9-4-3-6-16-10-12-19(24-2)13-11-16/h5,7-8,10-14H,3-4,6,9H2,1-2H3,(H,21,23). The van der Waals surface area contributed by atoms with Crippen molar-refractivity contribution < 1.29 is 14.3 Å². The first kappa shape index (κ1) is 17.7. The Bertz CT molecular complexity index is 692. The van der Waals surface area contributed by atoms with Crippen molar-refractivity contribution in [3.05, 3.63) is 59.7 Å². The molecular formula is C20H23NO3. The van der Waals surface area contributed by atoms with Gasteiger partial charge < -0.3 is 10.1 Å². The number of carbonyl (C=O) groups excluding carboxylic acids is 2. The van der Waals surface area contributed by atoms with Crippen LogP contribution in [0.1, 0.15) is 42.1 Å². The lowest BCUT2D eigenvalue weighted by Crippen LogP contribution is -2.11. The number of unbranched alkanes of at least 4 members (excludes halogenated alkanes) is 1. The molecule has 0 saturated carbocycles. The minimum Gasteiger partial charge on any atom is -0.497 e. The van der Waals surface area contributed by atoms with E-state index in [9.17, 15) is 9.59 Å². The second kappa shape index (κ2) is 8.87. The quantitative estimate of drug-likeness (QED) is 0.583. The van der Waals surface area contributed by atoms with Gasteiger partial charge in [0.2, 0.25) is 5.91 Å². The molecule has 4 nitrogen and oxygen atoms in total. The van der Waals surface area contributed by atoms with Crippen molar-refractivity contribution >= 4 is 17.4 Å². The Morgan fingerprint density at radius 3 is 2.46 bits per heavy atom. The van der Waals surface area contributed by atoms with Crippen molar-refractivity contribution in [3.63, 3.8) is 0 Å². The lowest BCUT2D eigenvalue weighted by molar-refractivity contribution is -0.116. The van der Waals surface area contributed by atoms with Gasteiger partial charge in [-0.2, -0.15) is 0 Å². The maximum absolute atomic E-state index is 12.0. The summed E-state index contributed by atoms with van der Waals surface area (Å²) in [5, 5.41) is 2.84. The zero-order chi connectivity index (χ0) is 17.4. The van der Waals surface area contributed by atoms with Crippen molar-refractivity contribution in [1.29, 1.82) is 0 Å². The highest BCUT2D eigenvalue weighted by atomic mass is 16.5. The van der Waals surface area contributed by atoms with Gasteiger partial charge in [-0.25, -0.2) is 0 Å². The minimum absolute atomic E-state index is 0.00871. The van der Waals surface area contributed by atoms with Crippen molar-refractivity contribution in [1.82, 2.24) is 0 Å². The molecule has 0 aliphatic heterocycles. The van der Waals surface area contributed by atoms with Crippen LogP contribution in [-0.4, -0.2) is 18.8 Å². The molecule has 2 rings (SSSR count). The average Bonchev–Trinajstić information content (AvgIpc) is 2.59. The molecule has 0 spiro atoms. The van der Waals surface area contributed by atoms with E-state index in [1.807, 2.05) is 24.3 Å². The number of nitrogens with one attached hydrogen (secondary N) is 1. The summed E-state index contributed by atoms with van der Waals surface area (Å²) in [6.45, 7) is 1.51. The predicted molar refractivity (Wildman–Crippen MR) is 95.6 cm³/mol. The lowest BCUT2D eigenvalue weighted by Gasteiger charge is -2.07. The number of aryl methyl sites for hydroxylation is 1. The summed E-state index contributed by atoms with van der Waals surface area (Å²) in [5.74, 6) is 0.821. The Morgan fingerprint density at radius 2 is 1.79 bits per heavy atom. The number of ketones is 1. The second-order valence-electron chi connectivity index (χ2n) is 5.74. The Labute approximate surface area is 142 Å². The van der Waals surface area contributed by atoms with Crippen molar-refractivity contribution in [2.45, 2.75) is 32.6 Å². The van der Waals surface area contributed by atoms with E-state index >= 15 is 0 Å². The van der Waals surface area contributed by atoms with E-state index in [1.54, 1.807) is 31.4 Å². The predicted octanol–water partition coefficient (Wildman–Crippen LogP) is 4.25. The minimum atomic E-state index is -0.0227. The molecule has 0 unspecified atom stereocenters. The maximum atomic E-state index is 12.0. The van der Waals surface area contributed by atoms with Crippen molar-refractivity contribution in [2.75, 3.05) is 12.4 Å². The molecule has 0 bridgehead atoms. The Morgan fingerprint density at radius 1 is 1.04 bits per heavy atom. The third-order valence-electron chi connectivity index (χ3n) is 3.83. The Hall–Kier alpha value is -2.62. The van der Waals surface area contributed by atoms with E-state index in [0.717, 1.165) is 25.0 Å². The first-order valence-electron chi connectivity index (χ1n) is 8.12. The molecule has 0 radical (unpaired) electrons. The molecule has 0 aliphatic carbocycles. The number of hydrogen-bond acceptors (Lipinski definition) is 3. The molecular weight excluding hydrogens is 302 g/mol. The summed E-state index contributed by atoms with van der Waals surface area (Å²) in [5.41, 5.74) is 2.51. The monoisotopic (exact) mass is 325 g/mol. The van der Waals surface area contributed by atoms with Gasteiger partial charge in [-0.05, 0) is 56.0 Å². The molecule has 0 heterocycles. The summed E-state index contributed by atoms with van der Waals surface area (Å²) >= 11 is 0. The van der Waals surface area contributed by atoms with Crippen molar-refractivity contribution in [2.24, 2.45) is 0 Å². The number of ether oxygens (including phenoxy) is 1. The van der Waals surface area contributed by atoms with Crippen LogP contribution in [0.3, 0.4) is 0 Å². The second-order valence-corrected chi connectivity index (χ2v) is 5.74. The first-order valence-corrected chi connectivity index (χ1v) is 8.12. The van der Waals surface area contributed by atoms with Crippen LogP contribution in [0.4, 0.5) is 5.69 Å². The molecule has 0 saturated heterocycles. The summed E-state index contributed by atoms with van der Waals surface area (Å²) in [6, 6.07) is 15.0. The van der Waals surface area contributed by atoms with Crippen LogP contribution in [0.5, 0.6) is 5.75 Å². The molecule has 126 valence electrons. The van der Waals surface area contributed by atoms with E-state index in [4.69, 9.17) is 4.74 Å². The van der Waals surface area contributed by atoms with Crippen LogP contribution >= 0.6 is 0 Å². The summed E-state index contributed by atoms with van der Waals surface area (Å²) in [4.78, 5) is 23.3. The molecule has 24 heavy (non-hydrogen) atoms. The zero-order valence-electron chi connectivity index (χ0n) is 14.2. The number of anilines is 1. The number of Topliss-reactive ketones (excluding diaryl/α,β-unsaturated/α-hetero) is 1. The number of rotatable bonds is 8. The third kappa shape index (κ3) is 5.54. The fraction of sp³-hybridized carbons (Fsp3) is 0.300. The third-order valence-corrected chi connectivity index (χ3v) is 3.83. The number of carbonyl (C=O) groups is 2. The number of amides is 1. The number of methoxy groups -OCH3 is 1. The van der Waals surface area contributed by atoms with E-state index in [1.165, 1.54) is 12.5 Å². The fourth-order valence-corrected chi connectivity index (χ4v) is 2.45. The molecule has 4 heteroatoms. The fourth-order valence-electron chi connectivity index (χ4n) is 2.45. The Kier molecular flexibility index (Phi) is 6.55. The molecule has 0 aliphatic rings. The van der Waals surface area contributed by atoms with Gasteiger partial charge >= 0.3 is 0 Å². The van der Waals surface area contributed by atoms with Crippen LogP contribution in [0, 0.1) is 0 Å². The maximum Gasteiger partial charge on any atom is 0.224 e. The number of hydrogen-bond donors (Lipinski definition) is 1. The summed E-state index contributed by atoms with van der Waals surface area (Å²) in [6.07, 6.45) is 3.19. The van der Waals surface area contributed by atoms with E-state index in [2.05, 4.69) is 5.32 Å². The molecule has 0 atom stereocenters. The van der Waals surface area contributed by atoms with E-state index < -0.39 is 0 Å². The molecule has 1 amide bonds. The molecule has 2 aromatic carbocycles. The highest BCUT2D eigenvalue weighted by Gasteiger charge is 2.05. The van der Waals surface area contributed by atoms with Crippen LogP contribution in [0.25, 0.3) is 0 Å². The van der Waals surface area contributed by atoms with Gasteiger partial charge in [-0.15, -0.1) is 0 Å². The molecule has 2 aromatic rings. The topological polar surface area (TPSA) is 55.4 Å². The largest absolute Gasteiger partial charge is 0.497 e. The van der Waals surface area contributed by atoms with Crippen LogP contribution in [-0.2, 0) is 11.2 Å². The van der Waals surface area contributed by atoms with Crippen LogP contribution in [0.2, 0.25) is 0 Å². The van der Waals surface area contributed by atoms with Crippen LogP contribution < -0.4 is 10.1 Å². The van der Waals surface area contributed by atoms with E-state index in [-0.39, 0.29) is 11.7 Å². The van der Waals surface area contributed by atoms with E-state index in [0.29, 0.717) is 17.7 Å². The van der Waals surface area contributed by atoms with Gasteiger partial charge in [-0.3, -0.25) is 9.59 Å². The first-order chi connectivity index (χ1) is 11.6. The molecule has 1 N–H and O–H groups in total. The van der Waals surface area contributed by atoms with Gasteiger partial charge in [0.1, 0.15) is 5.75 Å². The highest BCUT2D eigenvalue weighted by Crippen LogP contribution is 2.15. The molecule has 0 aromatic heterocycles. The number of benzene rings is 2. The van der Waals surface area contributed by atoms with Gasteiger partial charge in [0.05, 0.1) is 7.11 Å². The zero-order valence-corrected chi connectivity index (χ0v) is 14.2. The summed E-state index contributed by atoms with van der Waals surface area (Å²) in [7, 11) is 1.65. The summed E-state index contributed by atoms with van der Waals surface area (Å²) < 4.78 is 5.13. The van der Waals surface area contributed by atoms with Gasteiger partial charge in [-0.1, -0.05) is 24.3 Å². The SMILES string of the molecule is COc1ccc(CCCCC(=O)Nc2cccc(C(C)=O)c2)cc1. The van der Waals surface area contributed by atoms with Gasteiger partial charge in [0.25, 0.3) is 0 Å². The van der Waals surface area contributed by atoms with Gasteiger partial charge in [0, 0.05) is 17.7 Å². The van der Waals surface area contributed by atoms with Crippen LogP contribution in [0.15, 0.2) is 48.5 Å². The smallest absolute Gasteiger partial charge is 0.224 e. The van der Waals surface area contributed by atoms with Crippen molar-refractivity contribution in [3.8, 4) is 5.75 Å². The van der Waals surface area contributed by atoms with Gasteiger partial charge in [0.15, 0.2) is 5.78 Å². The lowest BCUT2D eigenvalue weighted by atomic mass is 10.1. The normalized spacial score (nSPS) is 10.2. The molecule has 0 fully saturated rings. The Balaban J connectivity index is 1.73. The average molecular weight is 325 g/mol. The highest BCUT2D eigenvalue weighted by molar-refractivity contribution is 5.97.